The largest absolute Gasteiger partial charge is 0.456 e. The molecule has 12 rings (SSSR count). The molecule has 0 saturated carbocycles. The first kappa shape index (κ1) is 34.9. The molecule has 61 heavy (non-hydrogen) atoms. The van der Waals surface area contributed by atoms with E-state index >= 15 is 0 Å². The molecule has 2 aromatic heterocycles. The van der Waals surface area contributed by atoms with E-state index < -0.39 is 0 Å². The van der Waals surface area contributed by atoms with Crippen molar-refractivity contribution in [3.05, 3.63) is 224 Å². The van der Waals surface area contributed by atoms with Crippen molar-refractivity contribution in [1.29, 1.82) is 0 Å². The predicted molar refractivity (Wildman–Crippen MR) is 255 cm³/mol. The highest BCUT2D eigenvalue weighted by molar-refractivity contribution is 6.11. The molecule has 0 saturated heterocycles. The van der Waals surface area contributed by atoms with Crippen molar-refractivity contribution in [1.82, 2.24) is 0 Å². The Morgan fingerprint density at radius 1 is 0.279 bits per heavy atom. The van der Waals surface area contributed by atoms with Crippen LogP contribution in [-0.4, -0.2) is 0 Å². The molecule has 0 atom stereocenters. The van der Waals surface area contributed by atoms with E-state index in [1.807, 2.05) is 24.3 Å². The number of anilines is 3. The van der Waals surface area contributed by atoms with Gasteiger partial charge in [-0.25, -0.2) is 0 Å². The third-order valence-corrected chi connectivity index (χ3v) is 12.1. The first-order chi connectivity index (χ1) is 30.2. The fourth-order valence-electron chi connectivity index (χ4n) is 9.02. The van der Waals surface area contributed by atoms with Crippen molar-refractivity contribution >= 4 is 71.7 Å². The summed E-state index contributed by atoms with van der Waals surface area (Å²) >= 11 is 0. The second kappa shape index (κ2) is 14.3. The van der Waals surface area contributed by atoms with Gasteiger partial charge in [-0.05, 0) is 105 Å². The van der Waals surface area contributed by atoms with Crippen LogP contribution in [0.3, 0.4) is 0 Å². The zero-order valence-electron chi connectivity index (χ0n) is 33.1. The smallest absolute Gasteiger partial charge is 0.143 e. The molecular formula is C58H37NO2. The van der Waals surface area contributed by atoms with Crippen LogP contribution in [0.25, 0.3) is 99.2 Å². The molecule has 0 unspecified atom stereocenters. The van der Waals surface area contributed by atoms with E-state index in [9.17, 15) is 0 Å². The van der Waals surface area contributed by atoms with Crippen molar-refractivity contribution in [2.45, 2.75) is 0 Å². The van der Waals surface area contributed by atoms with E-state index in [0.29, 0.717) is 0 Å². The minimum atomic E-state index is 0.884. The number of benzene rings is 10. The average molecular weight is 780 g/mol. The minimum absolute atomic E-state index is 0.884. The molecule has 0 aliphatic rings. The lowest BCUT2D eigenvalue weighted by Crippen LogP contribution is -2.11. The van der Waals surface area contributed by atoms with Gasteiger partial charge in [-0.15, -0.1) is 0 Å². The van der Waals surface area contributed by atoms with Gasteiger partial charge in [0.1, 0.15) is 22.3 Å². The fraction of sp³-hybridized carbons (Fsp3) is 0. The van der Waals surface area contributed by atoms with Crippen molar-refractivity contribution in [3.63, 3.8) is 0 Å². The van der Waals surface area contributed by atoms with Gasteiger partial charge in [0.15, 0.2) is 0 Å². The van der Waals surface area contributed by atoms with Gasteiger partial charge >= 0.3 is 0 Å². The van der Waals surface area contributed by atoms with Gasteiger partial charge in [-0.3, -0.25) is 0 Å². The SMILES string of the molecule is c1ccc(N(c2ccc(-c3ccc(-c4ccc5ccccc5c4)cc3)cc2)c2ccc(-c3ccc4c(c3)oc3ccccc34)cc2)c(-c2cccc3c2oc2ccccc23)c1. The summed E-state index contributed by atoms with van der Waals surface area (Å²) in [5, 5.41) is 6.99. The number of fused-ring (bicyclic) bond motifs is 7. The van der Waals surface area contributed by atoms with Crippen molar-refractivity contribution in [2.75, 3.05) is 4.90 Å². The van der Waals surface area contributed by atoms with Gasteiger partial charge < -0.3 is 13.7 Å². The Hall–Kier alpha value is -8.14. The highest BCUT2D eigenvalue weighted by Crippen LogP contribution is 2.45. The van der Waals surface area contributed by atoms with Crippen LogP contribution in [0.2, 0.25) is 0 Å². The second-order valence-corrected chi connectivity index (χ2v) is 15.7. The van der Waals surface area contributed by atoms with Crippen LogP contribution in [0.4, 0.5) is 17.1 Å². The Morgan fingerprint density at radius 2 is 0.754 bits per heavy atom. The number of furan rings is 2. The van der Waals surface area contributed by atoms with Crippen molar-refractivity contribution < 1.29 is 8.83 Å². The molecule has 0 aliphatic heterocycles. The zero-order chi connectivity index (χ0) is 40.3. The molecule has 286 valence electrons. The van der Waals surface area contributed by atoms with Crippen molar-refractivity contribution in [3.8, 4) is 44.5 Å². The molecule has 0 radical (unpaired) electrons. The molecule has 2 heterocycles. The summed E-state index contributed by atoms with van der Waals surface area (Å²) in [5.41, 5.74) is 15.8. The summed E-state index contributed by atoms with van der Waals surface area (Å²) in [5.74, 6) is 0. The van der Waals surface area contributed by atoms with E-state index in [0.717, 1.165) is 88.8 Å². The molecule has 0 spiro atoms. The van der Waals surface area contributed by atoms with Gasteiger partial charge in [-0.1, -0.05) is 164 Å². The highest BCUT2D eigenvalue weighted by atomic mass is 16.3. The van der Waals surface area contributed by atoms with E-state index in [1.54, 1.807) is 0 Å². The van der Waals surface area contributed by atoms with Crippen LogP contribution in [-0.2, 0) is 0 Å². The molecule has 0 amide bonds. The fourth-order valence-corrected chi connectivity index (χ4v) is 9.02. The molecule has 12 aromatic rings. The second-order valence-electron chi connectivity index (χ2n) is 15.7. The maximum atomic E-state index is 6.59. The van der Waals surface area contributed by atoms with Crippen LogP contribution < -0.4 is 4.90 Å². The Bertz CT molecular complexity index is 3580. The summed E-state index contributed by atoms with van der Waals surface area (Å²) in [6.07, 6.45) is 0. The van der Waals surface area contributed by atoms with Crippen LogP contribution >= 0.6 is 0 Å². The van der Waals surface area contributed by atoms with Crippen molar-refractivity contribution in [2.24, 2.45) is 0 Å². The maximum absolute atomic E-state index is 6.59. The van der Waals surface area contributed by atoms with E-state index in [-0.39, 0.29) is 0 Å². The lowest BCUT2D eigenvalue weighted by molar-refractivity contribution is 0.669. The lowest BCUT2D eigenvalue weighted by Gasteiger charge is -2.28. The Labute approximate surface area is 353 Å². The monoisotopic (exact) mass is 779 g/mol. The quantitative estimate of drug-likeness (QED) is 0.161. The minimum Gasteiger partial charge on any atom is -0.456 e. The molecule has 10 aromatic carbocycles. The van der Waals surface area contributed by atoms with Crippen LogP contribution in [0.1, 0.15) is 0 Å². The Balaban J connectivity index is 0.942. The van der Waals surface area contributed by atoms with E-state index in [4.69, 9.17) is 8.83 Å². The summed E-state index contributed by atoms with van der Waals surface area (Å²) in [7, 11) is 0. The third-order valence-electron chi connectivity index (χ3n) is 12.1. The molecule has 0 N–H and O–H groups in total. The first-order valence-corrected chi connectivity index (χ1v) is 20.7. The number of hydrogen-bond donors (Lipinski definition) is 0. The van der Waals surface area contributed by atoms with E-state index in [1.165, 1.54) is 27.5 Å². The molecule has 3 heteroatoms. The molecule has 3 nitrogen and oxygen atoms in total. The standard InChI is InChI=1S/C58H37NO2/c1-2-11-43-36-44(25-24-38(43)10-1)41-22-20-39(21-23-41)40-26-31-46(32-27-40)59(47-33-28-42(29-34-47)45-30-35-51-49-13-4-7-18-55(49)60-57(51)37-45)54-17-6-3-12-48(54)52-15-9-16-53-50-14-5-8-19-56(50)61-58(52)53/h1-37H. The molecule has 0 fully saturated rings. The Morgan fingerprint density at radius 3 is 1.48 bits per heavy atom. The van der Waals surface area contributed by atoms with Gasteiger partial charge in [-0.2, -0.15) is 0 Å². The summed E-state index contributed by atoms with van der Waals surface area (Å²) in [6, 6.07) is 80.0. The van der Waals surface area contributed by atoms with Crippen LogP contribution in [0.15, 0.2) is 233 Å². The topological polar surface area (TPSA) is 29.5 Å². The maximum Gasteiger partial charge on any atom is 0.143 e. The number of hydrogen-bond acceptors (Lipinski definition) is 3. The van der Waals surface area contributed by atoms with E-state index in [2.05, 4.69) is 205 Å². The molecule has 0 bridgehead atoms. The third kappa shape index (κ3) is 6.06. The number of rotatable bonds is 7. The zero-order valence-corrected chi connectivity index (χ0v) is 33.1. The van der Waals surface area contributed by atoms with Gasteiger partial charge in [0, 0.05) is 44.0 Å². The first-order valence-electron chi connectivity index (χ1n) is 20.7. The van der Waals surface area contributed by atoms with Crippen LogP contribution in [0.5, 0.6) is 0 Å². The number of para-hydroxylation sites is 4. The van der Waals surface area contributed by atoms with Crippen LogP contribution in [0, 0.1) is 0 Å². The average Bonchev–Trinajstić information content (AvgIpc) is 3.91. The van der Waals surface area contributed by atoms with Gasteiger partial charge in [0.2, 0.25) is 0 Å². The highest BCUT2D eigenvalue weighted by Gasteiger charge is 2.21. The lowest BCUT2D eigenvalue weighted by atomic mass is 9.97. The number of nitrogens with zero attached hydrogens (tertiary/aromatic N) is 1. The Kier molecular flexibility index (Phi) is 8.17. The normalized spacial score (nSPS) is 11.6. The summed E-state index contributed by atoms with van der Waals surface area (Å²) in [6.45, 7) is 0. The molecular weight excluding hydrogens is 743 g/mol. The summed E-state index contributed by atoms with van der Waals surface area (Å²) < 4.78 is 12.9. The molecule has 0 aliphatic carbocycles. The summed E-state index contributed by atoms with van der Waals surface area (Å²) in [4.78, 5) is 2.36. The van der Waals surface area contributed by atoms with Gasteiger partial charge in [0.25, 0.3) is 0 Å². The predicted octanol–water partition coefficient (Wildman–Crippen LogP) is 16.8. The van der Waals surface area contributed by atoms with Gasteiger partial charge in [0.05, 0.1) is 5.69 Å².